The number of hydrogen-bond donors (Lipinski definition) is 0. The van der Waals surface area contributed by atoms with E-state index < -0.39 is 16.2 Å². The second-order valence-corrected chi connectivity index (χ2v) is 36.8. The summed E-state index contributed by atoms with van der Waals surface area (Å²) in [4.78, 5) is 15.8. The van der Waals surface area contributed by atoms with Crippen LogP contribution in [-0.2, 0) is 21.7 Å². The zero-order valence-electron chi connectivity index (χ0n) is 73.3. The zero-order chi connectivity index (χ0) is 88.9. The molecule has 3 aromatic heterocycles. The summed E-state index contributed by atoms with van der Waals surface area (Å²) < 4.78 is 25.9. The monoisotopic (exact) mass is 1730 g/mol. The van der Waals surface area contributed by atoms with E-state index in [-0.39, 0.29) is 5.41 Å². The molecule has 23 aromatic rings. The Morgan fingerprint density at radius 2 is 0.375 bits per heavy atom. The van der Waals surface area contributed by atoms with Gasteiger partial charge in [0.05, 0.1) is 55.3 Å². The first-order chi connectivity index (χ1) is 67.5. The number of aromatic nitrogens is 6. The standard InChI is InChI=1S/C51H30N2O.C38H22N2O.C38H24N2O/c1-4-17-36-32(14-1)33-15-2-5-18-37(33)50(36)39-20-7-9-22-41(39)51(42-23-10-8-21-40(42)50)38-19-6-3-16-34(38)35-29-28-31(30-43(35)51)49-52-44-24-13-27-47-48(44)53(49)45-25-11-12-26-46(45)54-47;1-4-13-28-24(10-1)25-11-2-5-14-29(25)38(28)30-15-6-3-12-26(30)27-21-20-23(22-31(27)38)37-39-32-16-9-19-35-36(32)40(37)33-17-7-8-18-34(33)41-35;1-3-12-26(13-4-1)38(27-14-5-2-6-15-27)30-17-8-7-16-28(30)29-23-22-25(24-31(29)38)37-39-32-18-11-21-35-36(32)40(37)33-19-9-10-20-34(33)41-35/h1-30H;1-22H;1-24H. The molecule has 0 bridgehead atoms. The van der Waals surface area contributed by atoms with E-state index >= 15 is 0 Å². The maximum Gasteiger partial charge on any atom is 0.153 e. The predicted octanol–water partition coefficient (Wildman–Crippen LogP) is 30.1. The lowest BCUT2D eigenvalue weighted by Crippen LogP contribution is -2.43. The van der Waals surface area contributed by atoms with Crippen molar-refractivity contribution in [1.82, 2.24) is 28.7 Å². The van der Waals surface area contributed by atoms with E-state index in [0.29, 0.717) is 0 Å². The summed E-state index contributed by atoms with van der Waals surface area (Å²) in [5, 5.41) is 0. The van der Waals surface area contributed by atoms with Gasteiger partial charge in [0.2, 0.25) is 0 Å². The van der Waals surface area contributed by atoms with E-state index in [1.54, 1.807) is 0 Å². The molecular formula is C127H76N6O3. The fourth-order valence-corrected chi connectivity index (χ4v) is 25.6. The molecule has 0 saturated carbocycles. The Balaban J connectivity index is 0.0000000983. The van der Waals surface area contributed by atoms with Gasteiger partial charge in [-0.1, -0.05) is 370 Å². The van der Waals surface area contributed by atoms with Crippen LogP contribution in [0.5, 0.6) is 34.5 Å². The number of benzene rings is 20. The first-order valence-electron chi connectivity index (χ1n) is 46.8. The van der Waals surface area contributed by atoms with E-state index in [1.807, 2.05) is 72.8 Å². The molecule has 9 aliphatic rings. The Hall–Kier alpha value is -17.8. The molecule has 3 spiro atoms. The fourth-order valence-electron chi connectivity index (χ4n) is 25.6. The summed E-state index contributed by atoms with van der Waals surface area (Å²) in [6, 6.07) is 167. The smallest absolute Gasteiger partial charge is 0.153 e. The zero-order valence-corrected chi connectivity index (χ0v) is 73.3. The lowest BCUT2D eigenvalue weighted by Gasteiger charge is -2.48. The Morgan fingerprint density at radius 3 is 0.669 bits per heavy atom. The Kier molecular flexibility index (Phi) is 15.4. The molecule has 0 fully saturated rings. The van der Waals surface area contributed by atoms with Gasteiger partial charge < -0.3 is 14.2 Å². The summed E-state index contributed by atoms with van der Waals surface area (Å²) in [6.45, 7) is 0. The second kappa shape index (κ2) is 27.9. The highest BCUT2D eigenvalue weighted by molar-refractivity contribution is 6.01. The van der Waals surface area contributed by atoms with Gasteiger partial charge in [0.1, 0.15) is 34.0 Å². The maximum absolute atomic E-state index is 6.42. The van der Waals surface area contributed by atoms with Crippen LogP contribution in [-0.4, -0.2) is 28.7 Å². The maximum atomic E-state index is 6.42. The number of rotatable bonds is 5. The van der Waals surface area contributed by atoms with Gasteiger partial charge in [-0.15, -0.1) is 0 Å². The normalized spacial score (nSPS) is 14.4. The van der Waals surface area contributed by atoms with Gasteiger partial charge >= 0.3 is 0 Å². The van der Waals surface area contributed by atoms with Crippen LogP contribution in [0.4, 0.5) is 0 Å². The van der Waals surface area contributed by atoms with Crippen LogP contribution >= 0.6 is 0 Å². The minimum Gasteiger partial charge on any atom is -0.453 e. The number of nitrogens with zero attached hydrogens (tertiary/aromatic N) is 6. The third-order valence-electron chi connectivity index (χ3n) is 30.6. The summed E-state index contributed by atoms with van der Waals surface area (Å²) in [7, 11) is 0. The SMILES string of the molecule is c1ccc(C2(c3ccccc3)c3ccccc3-c3ccc(-c4nc5cccc6c5n4-c4ccccc4O6)cc32)cc1.c1ccc2c(c1)Oc1cccc3nc(-c4ccc5c(c4)C4(c6ccccc6-5)c5ccccc5C5(c6ccccc6-c6ccccc65)c5ccccc54)n-2c13.c1ccc2c(c1)Oc1cccc3nc(-c4ccc5c(c4)C4(c6ccccc6-c6ccccc64)c4ccccc4-5)n-2c13. The van der Waals surface area contributed by atoms with E-state index in [4.69, 9.17) is 29.2 Å². The molecule has 6 heterocycles. The Labute approximate surface area is 783 Å². The molecule has 0 radical (unpaired) electrons. The molecule has 0 N–H and O–H groups in total. The molecule has 9 nitrogen and oxygen atoms in total. The van der Waals surface area contributed by atoms with E-state index in [0.717, 1.165) is 119 Å². The summed E-state index contributed by atoms with van der Waals surface area (Å²) in [5.74, 6) is 7.76. The van der Waals surface area contributed by atoms with Crippen LogP contribution in [0.1, 0.15) is 89.0 Å². The van der Waals surface area contributed by atoms with E-state index in [1.165, 1.54) is 145 Å². The van der Waals surface area contributed by atoms with E-state index in [2.05, 4.69) is 402 Å². The highest BCUT2D eigenvalue weighted by atomic mass is 16.5. The summed E-state index contributed by atoms with van der Waals surface area (Å²) in [5.41, 5.74) is 44.2. The quantitative estimate of drug-likeness (QED) is 0.171. The molecule has 136 heavy (non-hydrogen) atoms. The molecule has 0 unspecified atom stereocenters. The third-order valence-corrected chi connectivity index (χ3v) is 30.6. The van der Waals surface area contributed by atoms with Crippen molar-refractivity contribution in [2.75, 3.05) is 0 Å². The van der Waals surface area contributed by atoms with Gasteiger partial charge in [0, 0.05) is 16.7 Å². The number of ether oxygens (including phenoxy) is 3. The molecule has 0 saturated heterocycles. The second-order valence-electron chi connectivity index (χ2n) is 36.8. The van der Waals surface area contributed by atoms with Crippen LogP contribution in [0.15, 0.2) is 461 Å². The largest absolute Gasteiger partial charge is 0.453 e. The first-order valence-corrected chi connectivity index (χ1v) is 46.8. The number of para-hydroxylation sites is 9. The highest BCUT2D eigenvalue weighted by Crippen LogP contribution is 2.70. The van der Waals surface area contributed by atoms with Crippen molar-refractivity contribution >= 4 is 33.1 Å². The van der Waals surface area contributed by atoms with Crippen molar-refractivity contribution < 1.29 is 14.2 Å². The van der Waals surface area contributed by atoms with Crippen molar-refractivity contribution in [3.05, 3.63) is 550 Å². The fraction of sp³-hybridized carbons (Fsp3) is 0.0315. The van der Waals surface area contributed by atoms with Crippen LogP contribution in [0.25, 0.3) is 140 Å². The van der Waals surface area contributed by atoms with Crippen molar-refractivity contribution in [2.24, 2.45) is 0 Å². The average Bonchev–Trinajstić information content (AvgIpc) is 1.45. The molecule has 3 aliphatic heterocycles. The first kappa shape index (κ1) is 74.9. The lowest BCUT2D eigenvalue weighted by molar-refractivity contribution is 0.475. The molecule has 0 amide bonds. The Morgan fingerprint density at radius 1 is 0.162 bits per heavy atom. The molecule has 6 aliphatic carbocycles. The number of hydrogen-bond acceptors (Lipinski definition) is 6. The van der Waals surface area contributed by atoms with Gasteiger partial charge in [-0.25, -0.2) is 15.0 Å². The van der Waals surface area contributed by atoms with Crippen LogP contribution in [0.2, 0.25) is 0 Å². The van der Waals surface area contributed by atoms with Gasteiger partial charge in [-0.05, 0) is 236 Å². The minimum absolute atomic E-state index is 0.380. The lowest BCUT2D eigenvalue weighted by atomic mass is 9.52. The Bertz CT molecular complexity index is 8720. The van der Waals surface area contributed by atoms with Gasteiger partial charge in [-0.2, -0.15) is 0 Å². The van der Waals surface area contributed by atoms with Crippen molar-refractivity contribution in [2.45, 2.75) is 21.7 Å². The molecule has 9 heteroatoms. The number of imidazole rings is 3. The molecule has 32 rings (SSSR count). The van der Waals surface area contributed by atoms with Crippen molar-refractivity contribution in [3.63, 3.8) is 0 Å². The van der Waals surface area contributed by atoms with Crippen LogP contribution < -0.4 is 14.2 Å². The van der Waals surface area contributed by atoms with Gasteiger partial charge in [-0.3, -0.25) is 13.7 Å². The van der Waals surface area contributed by atoms with Gasteiger partial charge in [0.25, 0.3) is 0 Å². The highest BCUT2D eigenvalue weighted by Gasteiger charge is 2.60. The van der Waals surface area contributed by atoms with Crippen LogP contribution in [0, 0.1) is 0 Å². The molecule has 632 valence electrons. The topological polar surface area (TPSA) is 81.2 Å². The van der Waals surface area contributed by atoms with Crippen LogP contribution in [0.3, 0.4) is 0 Å². The molecule has 20 aromatic carbocycles. The van der Waals surface area contributed by atoms with Crippen molar-refractivity contribution in [3.8, 4) is 141 Å². The number of fused-ring (bicyclic) bond motifs is 35. The molecular weight excluding hydrogens is 1660 g/mol. The predicted molar refractivity (Wildman–Crippen MR) is 542 cm³/mol. The van der Waals surface area contributed by atoms with Gasteiger partial charge in [0.15, 0.2) is 34.5 Å². The van der Waals surface area contributed by atoms with Crippen molar-refractivity contribution in [1.29, 1.82) is 0 Å². The molecule has 0 atom stereocenters. The summed E-state index contributed by atoms with van der Waals surface area (Å²) in [6.07, 6.45) is 0. The minimum atomic E-state index is -0.563. The van der Waals surface area contributed by atoms with E-state index in [9.17, 15) is 0 Å². The average molecular weight is 1730 g/mol. The summed E-state index contributed by atoms with van der Waals surface area (Å²) >= 11 is 0. The third kappa shape index (κ3) is 9.68.